The number of rotatable bonds is 4. The summed E-state index contributed by atoms with van der Waals surface area (Å²) in [5.41, 5.74) is 0. The van der Waals surface area contributed by atoms with Gasteiger partial charge in [-0.2, -0.15) is 0 Å². The molecule has 0 saturated carbocycles. The Morgan fingerprint density at radius 2 is 1.00 bits per heavy atom. The van der Waals surface area contributed by atoms with Crippen molar-refractivity contribution in [2.75, 3.05) is 13.1 Å². The van der Waals surface area contributed by atoms with E-state index in [-0.39, 0.29) is 0 Å². The summed E-state index contributed by atoms with van der Waals surface area (Å²) in [7, 11) is 25.0. The fourth-order valence-corrected chi connectivity index (χ4v) is 1.11. The van der Waals surface area contributed by atoms with E-state index in [4.69, 9.17) is 53.0 Å². The first-order valence-electron chi connectivity index (χ1n) is 5.09. The summed E-state index contributed by atoms with van der Waals surface area (Å²) in [6.07, 6.45) is 0. The molecule has 0 aromatic heterocycles. The molecule has 0 radical (unpaired) electrons. The van der Waals surface area contributed by atoms with Crippen molar-refractivity contribution in [3.8, 4) is 0 Å². The SMILES string of the molecule is C=[N+](CC(C)C)CC(C)C.[Cl][Sb-]([Cl])([Cl])([Cl])([Cl])[Cl]. The van der Waals surface area contributed by atoms with Crippen molar-refractivity contribution in [3.63, 3.8) is 0 Å². The Labute approximate surface area is 124 Å². The van der Waals surface area contributed by atoms with E-state index >= 15 is 0 Å². The van der Waals surface area contributed by atoms with Gasteiger partial charge in [-0.15, -0.1) is 0 Å². The molecule has 108 valence electrons. The van der Waals surface area contributed by atoms with E-state index in [2.05, 4.69) is 39.0 Å². The van der Waals surface area contributed by atoms with Gasteiger partial charge in [-0.1, -0.05) is 27.7 Å². The van der Waals surface area contributed by atoms with E-state index < -0.39 is 9.14 Å². The van der Waals surface area contributed by atoms with Crippen LogP contribution in [0, 0.1) is 11.8 Å². The minimum atomic E-state index is -5.42. The predicted octanol–water partition coefficient (Wildman–Crippen LogP) is 5.77. The average Bonchev–Trinajstić information content (AvgIpc) is 1.72. The molecule has 0 aromatic rings. The van der Waals surface area contributed by atoms with Crippen LogP contribution in [0.3, 0.4) is 0 Å². The summed E-state index contributed by atoms with van der Waals surface area (Å²) in [5, 5.41) is 0. The molecular formula is C9H20Cl6NSb. The number of halogens is 6. The van der Waals surface area contributed by atoms with E-state index in [1.54, 1.807) is 0 Å². The van der Waals surface area contributed by atoms with E-state index in [9.17, 15) is 0 Å². The molecule has 1 nitrogen and oxygen atoms in total. The van der Waals surface area contributed by atoms with Crippen molar-refractivity contribution in [2.45, 2.75) is 27.7 Å². The Morgan fingerprint density at radius 3 is 1.12 bits per heavy atom. The van der Waals surface area contributed by atoms with Gasteiger partial charge >= 0.3 is 62.1 Å². The zero-order chi connectivity index (χ0) is 14.6. The minimum absolute atomic E-state index is 0.733. The van der Waals surface area contributed by atoms with Gasteiger partial charge in [0.25, 0.3) is 0 Å². The molecule has 0 rings (SSSR count). The van der Waals surface area contributed by atoms with Crippen LogP contribution in [0.25, 0.3) is 0 Å². The van der Waals surface area contributed by atoms with Crippen molar-refractivity contribution in [1.29, 1.82) is 0 Å². The van der Waals surface area contributed by atoms with Crippen LogP contribution in [-0.4, -0.2) is 33.5 Å². The summed E-state index contributed by atoms with van der Waals surface area (Å²) in [6.45, 7) is 15.1. The summed E-state index contributed by atoms with van der Waals surface area (Å²) in [4.78, 5) is 0. The zero-order valence-corrected chi connectivity index (χ0v) is 17.5. The fraction of sp³-hybridized carbons (Fsp3) is 0.889. The van der Waals surface area contributed by atoms with Gasteiger partial charge in [0.1, 0.15) is 19.8 Å². The maximum atomic E-state index is 5.06. The monoisotopic (exact) mass is 473 g/mol. The Morgan fingerprint density at radius 1 is 0.824 bits per heavy atom. The second-order valence-electron chi connectivity index (χ2n) is 4.78. The summed E-state index contributed by atoms with van der Waals surface area (Å²) < 4.78 is 2.15. The molecule has 0 aliphatic carbocycles. The first-order chi connectivity index (χ1) is 6.97. The quantitative estimate of drug-likeness (QED) is 0.275. The van der Waals surface area contributed by atoms with Gasteiger partial charge in [-0.25, -0.2) is 4.58 Å². The van der Waals surface area contributed by atoms with Crippen LogP contribution >= 0.6 is 53.0 Å². The van der Waals surface area contributed by atoms with Crippen LogP contribution in [-0.2, 0) is 0 Å². The number of nitrogens with zero attached hydrogens (tertiary/aromatic N) is 1. The Balaban J connectivity index is 0. The molecule has 0 atom stereocenters. The summed E-state index contributed by atoms with van der Waals surface area (Å²) in [5.74, 6) is 1.47. The molecule has 0 spiro atoms. The molecule has 0 aliphatic heterocycles. The third-order valence-corrected chi connectivity index (χ3v) is 1.25. The molecule has 0 heterocycles. The third-order valence-electron chi connectivity index (χ3n) is 1.25. The topological polar surface area (TPSA) is 3.01 Å². The molecule has 0 saturated heterocycles. The molecule has 17 heavy (non-hydrogen) atoms. The molecule has 0 bridgehead atoms. The van der Waals surface area contributed by atoms with Crippen molar-refractivity contribution < 1.29 is 4.58 Å². The van der Waals surface area contributed by atoms with Crippen LogP contribution in [0.15, 0.2) is 0 Å². The molecule has 0 fully saturated rings. The zero-order valence-electron chi connectivity index (χ0n) is 10.4. The van der Waals surface area contributed by atoms with Crippen molar-refractivity contribution in [1.82, 2.24) is 0 Å². The van der Waals surface area contributed by atoms with Gasteiger partial charge in [0.05, 0.1) is 0 Å². The fourth-order valence-electron chi connectivity index (χ4n) is 1.11. The average molecular weight is 477 g/mol. The van der Waals surface area contributed by atoms with E-state index in [1.165, 1.54) is 0 Å². The second kappa shape index (κ2) is 6.79. The van der Waals surface area contributed by atoms with Crippen molar-refractivity contribution >= 4 is 68.8 Å². The third kappa shape index (κ3) is 45.9. The molecule has 0 aliphatic rings. The maximum absolute atomic E-state index is 5.42. The van der Waals surface area contributed by atoms with Gasteiger partial charge in [0.2, 0.25) is 0 Å². The normalized spacial score (nSPS) is 16.0. The standard InChI is InChI=1S/C9H20N.6ClH.Sb/c1-8(2)6-10(5)7-9(3)4;;;;;;;/h8-9H,5-7H2,1-4H3;6*1H;/q+1;;;;;;;+5/p-6. The van der Waals surface area contributed by atoms with Crippen LogP contribution in [0.5, 0.6) is 0 Å². The first kappa shape index (κ1) is 21.5. The van der Waals surface area contributed by atoms with Crippen LogP contribution in [0.1, 0.15) is 27.7 Å². The Kier molecular flexibility index (Phi) is 8.60. The molecule has 8 heteroatoms. The molecule has 0 unspecified atom stereocenters. The molecule has 0 N–H and O–H groups in total. The number of hydrogen-bond acceptors (Lipinski definition) is 0. The second-order valence-corrected chi connectivity index (χ2v) is 61.7. The van der Waals surface area contributed by atoms with Gasteiger partial charge in [-0.05, 0) is 0 Å². The van der Waals surface area contributed by atoms with E-state index in [0.717, 1.165) is 24.9 Å². The Hall–Kier alpha value is 2.23. The van der Waals surface area contributed by atoms with Gasteiger partial charge in [0, 0.05) is 11.8 Å². The Bertz CT molecular complexity index is 229. The van der Waals surface area contributed by atoms with E-state index in [1.807, 2.05) is 0 Å². The van der Waals surface area contributed by atoms with Crippen molar-refractivity contribution in [2.24, 2.45) is 11.8 Å². The first-order valence-corrected chi connectivity index (χ1v) is 24.5. The van der Waals surface area contributed by atoms with Crippen LogP contribution in [0.2, 0.25) is 0 Å². The van der Waals surface area contributed by atoms with Crippen molar-refractivity contribution in [3.05, 3.63) is 0 Å². The number of hydrogen-bond donors (Lipinski definition) is 0. The molecule has 0 aromatic carbocycles. The van der Waals surface area contributed by atoms with Gasteiger partial charge in [-0.3, -0.25) is 0 Å². The van der Waals surface area contributed by atoms with Gasteiger partial charge in [0.15, 0.2) is 0 Å². The van der Waals surface area contributed by atoms with Gasteiger partial charge < -0.3 is 0 Å². The van der Waals surface area contributed by atoms with Crippen LogP contribution in [0.4, 0.5) is 0 Å². The molecular weight excluding hydrogens is 457 g/mol. The van der Waals surface area contributed by atoms with Crippen LogP contribution < -0.4 is 0 Å². The predicted molar refractivity (Wildman–Crippen MR) is 87.7 cm³/mol. The van der Waals surface area contributed by atoms with E-state index in [0.29, 0.717) is 0 Å². The molecule has 0 amide bonds. The summed E-state index contributed by atoms with van der Waals surface area (Å²) in [6, 6.07) is 0. The summed E-state index contributed by atoms with van der Waals surface area (Å²) >= 11 is 0.